The molecule has 0 amide bonds. The molecule has 4 heteroatoms. The number of rotatable bonds is 5. The Labute approximate surface area is 114 Å². The van der Waals surface area contributed by atoms with E-state index in [0.717, 1.165) is 12.3 Å². The molecule has 0 aliphatic heterocycles. The molecule has 3 nitrogen and oxygen atoms in total. The maximum Gasteiger partial charge on any atom is 0.213 e. The zero-order valence-electron chi connectivity index (χ0n) is 10.9. The summed E-state index contributed by atoms with van der Waals surface area (Å²) in [6, 6.07) is 3.71. The van der Waals surface area contributed by atoms with E-state index in [9.17, 15) is 0 Å². The molecule has 1 aromatic rings. The third kappa shape index (κ3) is 3.85. The van der Waals surface area contributed by atoms with E-state index in [-0.39, 0.29) is 0 Å². The number of aromatic nitrogens is 1. The Morgan fingerprint density at radius 1 is 1.33 bits per heavy atom. The highest BCUT2D eigenvalue weighted by atomic mass is 35.5. The lowest BCUT2D eigenvalue weighted by atomic mass is 9.90. The Kier molecular flexibility index (Phi) is 5.26. The van der Waals surface area contributed by atoms with Crippen LogP contribution in [0.1, 0.15) is 37.8 Å². The first-order chi connectivity index (χ1) is 8.79. The molecule has 1 fully saturated rings. The quantitative estimate of drug-likeness (QED) is 0.889. The van der Waals surface area contributed by atoms with Crippen LogP contribution < -0.4 is 10.1 Å². The van der Waals surface area contributed by atoms with Gasteiger partial charge in [-0.1, -0.05) is 30.9 Å². The number of pyridine rings is 1. The maximum absolute atomic E-state index is 6.07. The maximum atomic E-state index is 6.07. The van der Waals surface area contributed by atoms with Gasteiger partial charge in [0.05, 0.1) is 17.3 Å². The van der Waals surface area contributed by atoms with Crippen LogP contribution in [-0.4, -0.2) is 18.6 Å². The minimum Gasteiger partial charge on any atom is -0.477 e. The lowest BCUT2D eigenvalue weighted by Gasteiger charge is -2.21. The molecule has 0 aromatic carbocycles. The van der Waals surface area contributed by atoms with Crippen LogP contribution in [-0.2, 0) is 6.54 Å². The Morgan fingerprint density at radius 3 is 2.83 bits per heavy atom. The summed E-state index contributed by atoms with van der Waals surface area (Å²) in [6.45, 7) is 1.45. The van der Waals surface area contributed by atoms with Crippen molar-refractivity contribution in [1.29, 1.82) is 0 Å². The van der Waals surface area contributed by atoms with Crippen molar-refractivity contribution in [2.45, 2.75) is 38.6 Å². The van der Waals surface area contributed by atoms with Crippen molar-refractivity contribution in [2.75, 3.05) is 13.7 Å². The third-order valence-electron chi connectivity index (χ3n) is 3.43. The number of hydrogen-bond acceptors (Lipinski definition) is 3. The van der Waals surface area contributed by atoms with Crippen LogP contribution >= 0.6 is 11.6 Å². The van der Waals surface area contributed by atoms with Gasteiger partial charge in [-0.15, -0.1) is 0 Å². The highest BCUT2D eigenvalue weighted by molar-refractivity contribution is 6.31. The van der Waals surface area contributed by atoms with Crippen LogP contribution in [0, 0.1) is 5.92 Å². The van der Waals surface area contributed by atoms with Crippen molar-refractivity contribution in [3.8, 4) is 5.88 Å². The zero-order chi connectivity index (χ0) is 12.8. The molecule has 0 unspecified atom stereocenters. The summed E-state index contributed by atoms with van der Waals surface area (Å²) < 4.78 is 5.79. The van der Waals surface area contributed by atoms with Crippen LogP contribution in [0.5, 0.6) is 5.88 Å². The molecule has 0 saturated heterocycles. The molecule has 0 spiro atoms. The normalized spacial score (nSPS) is 16.8. The van der Waals surface area contributed by atoms with Crippen molar-refractivity contribution in [3.05, 3.63) is 22.8 Å². The lowest BCUT2D eigenvalue weighted by molar-refractivity contribution is 0.202. The van der Waals surface area contributed by atoms with Crippen LogP contribution in [0.4, 0.5) is 0 Å². The monoisotopic (exact) mass is 268 g/mol. The molecule has 1 aliphatic carbocycles. The van der Waals surface area contributed by atoms with Gasteiger partial charge in [0.2, 0.25) is 5.88 Å². The predicted molar refractivity (Wildman–Crippen MR) is 74.1 cm³/mol. The fourth-order valence-corrected chi connectivity index (χ4v) is 2.57. The number of hydrogen-bond donors (Lipinski definition) is 1. The molecule has 1 saturated carbocycles. The number of ether oxygens (including phenoxy) is 1. The molecule has 1 heterocycles. The number of nitrogens with zero attached hydrogens (tertiary/aromatic N) is 1. The molecule has 2 rings (SSSR count). The second-order valence-corrected chi connectivity index (χ2v) is 5.33. The van der Waals surface area contributed by atoms with Gasteiger partial charge in [0.15, 0.2) is 0 Å². The third-order valence-corrected chi connectivity index (χ3v) is 3.77. The summed E-state index contributed by atoms with van der Waals surface area (Å²) in [4.78, 5) is 4.43. The highest BCUT2D eigenvalue weighted by Crippen LogP contribution is 2.25. The van der Waals surface area contributed by atoms with E-state index < -0.39 is 0 Å². The summed E-state index contributed by atoms with van der Waals surface area (Å²) in [5.74, 6) is 1.39. The van der Waals surface area contributed by atoms with Gasteiger partial charge in [-0.3, -0.25) is 0 Å². The Bertz CT molecular complexity index is 378. The summed E-state index contributed by atoms with van der Waals surface area (Å²) in [5, 5.41) is 3.74. The number of halogens is 1. The molecule has 100 valence electrons. The van der Waals surface area contributed by atoms with Crippen molar-refractivity contribution in [2.24, 2.45) is 5.92 Å². The van der Waals surface area contributed by atoms with E-state index in [1.54, 1.807) is 0 Å². The molecule has 18 heavy (non-hydrogen) atoms. The summed E-state index contributed by atoms with van der Waals surface area (Å²) in [7, 11) is 1.88. The highest BCUT2D eigenvalue weighted by Gasteiger charge is 2.14. The molecule has 1 aliphatic rings. The molecular weight excluding hydrogens is 248 g/mol. The Morgan fingerprint density at radius 2 is 2.11 bits per heavy atom. The van der Waals surface area contributed by atoms with Gasteiger partial charge in [0.25, 0.3) is 0 Å². The average Bonchev–Trinajstić information content (AvgIpc) is 2.41. The van der Waals surface area contributed by atoms with Crippen molar-refractivity contribution >= 4 is 11.6 Å². The first-order valence-corrected chi connectivity index (χ1v) is 7.10. The van der Waals surface area contributed by atoms with Gasteiger partial charge in [-0.25, -0.2) is 4.98 Å². The van der Waals surface area contributed by atoms with Crippen molar-refractivity contribution in [3.63, 3.8) is 0 Å². The molecule has 0 radical (unpaired) electrons. The van der Waals surface area contributed by atoms with E-state index in [4.69, 9.17) is 16.3 Å². The van der Waals surface area contributed by atoms with E-state index in [1.165, 1.54) is 32.1 Å². The van der Waals surface area contributed by atoms with Crippen LogP contribution in [0.3, 0.4) is 0 Å². The topological polar surface area (TPSA) is 34.2 Å². The standard InChI is InChI=1S/C14H21ClN2O/c1-16-9-13-12(15)7-8-14(17-13)18-10-11-5-3-2-4-6-11/h7-8,11,16H,2-6,9-10H2,1H3. The second-order valence-electron chi connectivity index (χ2n) is 4.92. The predicted octanol–water partition coefficient (Wildman–Crippen LogP) is 3.41. The van der Waals surface area contributed by atoms with E-state index in [2.05, 4.69) is 10.3 Å². The smallest absolute Gasteiger partial charge is 0.213 e. The van der Waals surface area contributed by atoms with Gasteiger partial charge in [0.1, 0.15) is 0 Å². The summed E-state index contributed by atoms with van der Waals surface area (Å²) >= 11 is 6.07. The zero-order valence-corrected chi connectivity index (χ0v) is 11.7. The van der Waals surface area contributed by atoms with E-state index >= 15 is 0 Å². The first kappa shape index (κ1) is 13.6. The second kappa shape index (κ2) is 6.95. The average molecular weight is 269 g/mol. The van der Waals surface area contributed by atoms with Gasteiger partial charge >= 0.3 is 0 Å². The molecule has 1 N–H and O–H groups in total. The van der Waals surface area contributed by atoms with Crippen molar-refractivity contribution in [1.82, 2.24) is 10.3 Å². The molecule has 0 bridgehead atoms. The Balaban J connectivity index is 1.90. The van der Waals surface area contributed by atoms with Crippen molar-refractivity contribution < 1.29 is 4.74 Å². The SMILES string of the molecule is CNCc1nc(OCC2CCCCC2)ccc1Cl. The summed E-state index contributed by atoms with van der Waals surface area (Å²) in [6.07, 6.45) is 6.64. The van der Waals surface area contributed by atoms with Crippen LogP contribution in [0.25, 0.3) is 0 Å². The van der Waals surface area contributed by atoms with Gasteiger partial charge in [0, 0.05) is 12.6 Å². The van der Waals surface area contributed by atoms with Gasteiger partial charge < -0.3 is 10.1 Å². The fraction of sp³-hybridized carbons (Fsp3) is 0.643. The van der Waals surface area contributed by atoms with E-state index in [1.807, 2.05) is 19.2 Å². The fourth-order valence-electron chi connectivity index (χ4n) is 2.39. The lowest BCUT2D eigenvalue weighted by Crippen LogP contribution is -2.16. The molecular formula is C14H21ClN2O. The number of nitrogens with one attached hydrogen (secondary N) is 1. The van der Waals surface area contributed by atoms with Crippen LogP contribution in [0.15, 0.2) is 12.1 Å². The molecule has 0 atom stereocenters. The van der Waals surface area contributed by atoms with E-state index in [0.29, 0.717) is 23.4 Å². The van der Waals surface area contributed by atoms with Gasteiger partial charge in [-0.2, -0.15) is 0 Å². The molecule has 1 aromatic heterocycles. The van der Waals surface area contributed by atoms with Crippen LogP contribution in [0.2, 0.25) is 5.02 Å². The first-order valence-electron chi connectivity index (χ1n) is 6.72. The minimum absolute atomic E-state index is 0.666. The minimum atomic E-state index is 0.666. The largest absolute Gasteiger partial charge is 0.477 e. The Hall–Kier alpha value is -0.800. The van der Waals surface area contributed by atoms with Gasteiger partial charge in [-0.05, 0) is 31.9 Å². The summed E-state index contributed by atoms with van der Waals surface area (Å²) in [5.41, 5.74) is 0.848.